The van der Waals surface area contributed by atoms with Crippen LogP contribution in [0.5, 0.6) is 0 Å². The predicted octanol–water partition coefficient (Wildman–Crippen LogP) is 2.46. The molecule has 0 aliphatic heterocycles. The lowest BCUT2D eigenvalue weighted by Gasteiger charge is -2.15. The van der Waals surface area contributed by atoms with Crippen LogP contribution in [0.4, 0.5) is 0 Å². The molecule has 1 N–H and O–H groups in total. The van der Waals surface area contributed by atoms with E-state index in [0.717, 1.165) is 5.56 Å². The molecule has 3 nitrogen and oxygen atoms in total. The van der Waals surface area contributed by atoms with Crippen LogP contribution in [0, 0.1) is 0 Å². The first kappa shape index (κ1) is 13.5. The third-order valence-electron chi connectivity index (χ3n) is 2.40. The van der Waals surface area contributed by atoms with Crippen molar-refractivity contribution in [2.75, 3.05) is 13.7 Å². The molecule has 0 aliphatic carbocycles. The Morgan fingerprint density at radius 1 is 1.35 bits per heavy atom. The molecule has 17 heavy (non-hydrogen) atoms. The van der Waals surface area contributed by atoms with Crippen LogP contribution < -0.4 is 5.32 Å². The molecular weight excluding hydrogens is 214 g/mol. The number of esters is 1. The van der Waals surface area contributed by atoms with E-state index in [1.54, 1.807) is 0 Å². The average Bonchev–Trinajstić information content (AvgIpc) is 2.34. The Kier molecular flexibility index (Phi) is 5.43. The Hall–Kier alpha value is -1.61. The quantitative estimate of drug-likeness (QED) is 0.627. The van der Waals surface area contributed by atoms with E-state index >= 15 is 0 Å². The summed E-state index contributed by atoms with van der Waals surface area (Å²) >= 11 is 0. The fourth-order valence-corrected chi connectivity index (χ4v) is 1.48. The Morgan fingerprint density at radius 2 is 2.00 bits per heavy atom. The van der Waals surface area contributed by atoms with Crippen molar-refractivity contribution in [3.05, 3.63) is 47.5 Å². The molecule has 92 valence electrons. The maximum absolute atomic E-state index is 11.7. The van der Waals surface area contributed by atoms with Crippen molar-refractivity contribution in [2.24, 2.45) is 0 Å². The van der Waals surface area contributed by atoms with Gasteiger partial charge in [-0.15, -0.1) is 0 Å². The minimum absolute atomic E-state index is 0.265. The van der Waals surface area contributed by atoms with Crippen molar-refractivity contribution in [1.29, 1.82) is 0 Å². The van der Waals surface area contributed by atoms with Crippen LogP contribution in [0.2, 0.25) is 0 Å². The van der Waals surface area contributed by atoms with Crippen LogP contribution in [0.15, 0.2) is 42.0 Å². The highest BCUT2D eigenvalue weighted by Crippen LogP contribution is 2.13. The molecule has 0 amide bonds. The van der Waals surface area contributed by atoms with Gasteiger partial charge >= 0.3 is 5.97 Å². The van der Waals surface area contributed by atoms with Gasteiger partial charge in [-0.25, -0.2) is 4.79 Å². The minimum atomic E-state index is -0.406. The molecular formula is C14H19NO2. The molecule has 0 aromatic heterocycles. The first-order chi connectivity index (χ1) is 8.15. The first-order valence-electron chi connectivity index (χ1n) is 5.64. The number of allylic oxidation sites excluding steroid dienone is 1. The van der Waals surface area contributed by atoms with E-state index in [0.29, 0.717) is 6.54 Å². The Labute approximate surface area is 102 Å². The zero-order valence-electron chi connectivity index (χ0n) is 10.6. The van der Waals surface area contributed by atoms with Gasteiger partial charge in [-0.05, 0) is 19.4 Å². The van der Waals surface area contributed by atoms with Crippen LogP contribution in [0.3, 0.4) is 0 Å². The summed E-state index contributed by atoms with van der Waals surface area (Å²) < 4.78 is 4.80. The number of ether oxygens (including phenoxy) is 1. The third kappa shape index (κ3) is 4.41. The lowest BCUT2D eigenvalue weighted by molar-refractivity contribution is -0.143. The van der Waals surface area contributed by atoms with Crippen LogP contribution in [-0.2, 0) is 9.53 Å². The van der Waals surface area contributed by atoms with Crippen LogP contribution in [0.1, 0.15) is 25.5 Å². The van der Waals surface area contributed by atoms with Crippen molar-refractivity contribution < 1.29 is 9.53 Å². The van der Waals surface area contributed by atoms with E-state index in [4.69, 9.17) is 4.74 Å². The van der Waals surface area contributed by atoms with Gasteiger partial charge in [-0.3, -0.25) is 5.32 Å². The summed E-state index contributed by atoms with van der Waals surface area (Å²) in [5.74, 6) is -0.265. The van der Waals surface area contributed by atoms with Gasteiger partial charge in [0.05, 0.1) is 7.11 Å². The van der Waals surface area contributed by atoms with Crippen LogP contribution in [-0.4, -0.2) is 19.6 Å². The number of nitrogens with one attached hydrogen (secondary N) is 1. The van der Waals surface area contributed by atoms with Gasteiger partial charge < -0.3 is 4.74 Å². The Balaban J connectivity index is 2.75. The normalized spacial score (nSPS) is 11.7. The van der Waals surface area contributed by atoms with Crippen molar-refractivity contribution in [1.82, 2.24) is 5.32 Å². The van der Waals surface area contributed by atoms with Gasteiger partial charge in [0.25, 0.3) is 0 Å². The molecule has 1 aromatic carbocycles. The summed E-state index contributed by atoms with van der Waals surface area (Å²) in [6.45, 7) is 4.70. The van der Waals surface area contributed by atoms with E-state index in [1.807, 2.05) is 50.3 Å². The first-order valence-corrected chi connectivity index (χ1v) is 5.64. The van der Waals surface area contributed by atoms with E-state index < -0.39 is 6.04 Å². The molecule has 1 aromatic rings. The van der Waals surface area contributed by atoms with E-state index in [9.17, 15) is 4.79 Å². The van der Waals surface area contributed by atoms with Gasteiger partial charge in [0.2, 0.25) is 0 Å². The minimum Gasteiger partial charge on any atom is -0.468 e. The summed E-state index contributed by atoms with van der Waals surface area (Å²) in [6.07, 6.45) is 2.04. The second kappa shape index (κ2) is 6.86. The van der Waals surface area contributed by atoms with Crippen LogP contribution >= 0.6 is 0 Å². The summed E-state index contributed by atoms with van der Waals surface area (Å²) in [5, 5.41) is 3.17. The molecule has 0 saturated heterocycles. The maximum Gasteiger partial charge on any atom is 0.327 e. The highest BCUT2D eigenvalue weighted by molar-refractivity contribution is 5.77. The van der Waals surface area contributed by atoms with Crippen LogP contribution in [0.25, 0.3) is 0 Å². The molecule has 1 atom stereocenters. The Morgan fingerprint density at radius 3 is 2.53 bits per heavy atom. The largest absolute Gasteiger partial charge is 0.468 e. The monoisotopic (exact) mass is 233 g/mol. The van der Waals surface area contributed by atoms with E-state index in [-0.39, 0.29) is 5.97 Å². The fourth-order valence-electron chi connectivity index (χ4n) is 1.48. The zero-order chi connectivity index (χ0) is 12.7. The molecule has 0 fully saturated rings. The van der Waals surface area contributed by atoms with Crippen molar-refractivity contribution >= 4 is 5.97 Å². The Bertz CT molecular complexity index is 380. The lowest BCUT2D eigenvalue weighted by atomic mass is 10.1. The second-order valence-corrected chi connectivity index (χ2v) is 4.06. The smallest absolute Gasteiger partial charge is 0.327 e. The predicted molar refractivity (Wildman–Crippen MR) is 68.6 cm³/mol. The molecule has 1 rings (SSSR count). The summed E-state index contributed by atoms with van der Waals surface area (Å²) in [4.78, 5) is 11.7. The topological polar surface area (TPSA) is 38.3 Å². The molecule has 0 saturated carbocycles. The average molecular weight is 233 g/mol. The molecule has 3 heteroatoms. The van der Waals surface area contributed by atoms with Gasteiger partial charge in [0.1, 0.15) is 6.04 Å². The molecule has 0 spiro atoms. The molecule has 0 heterocycles. The number of hydrogen-bond donors (Lipinski definition) is 1. The number of carbonyl (C=O) groups excluding carboxylic acids is 1. The van der Waals surface area contributed by atoms with Gasteiger partial charge in [0.15, 0.2) is 0 Å². The van der Waals surface area contributed by atoms with Gasteiger partial charge in [0, 0.05) is 6.54 Å². The number of rotatable bonds is 5. The molecule has 0 aliphatic rings. The van der Waals surface area contributed by atoms with Crippen molar-refractivity contribution in [3.63, 3.8) is 0 Å². The molecule has 0 bridgehead atoms. The second-order valence-electron chi connectivity index (χ2n) is 4.06. The standard InChI is InChI=1S/C14H19NO2/c1-11(2)9-10-15-13(14(16)17-3)12-7-5-4-6-8-12/h4-9,13,15H,10H2,1-3H3/t13-/m1/s1. The van der Waals surface area contributed by atoms with Crippen molar-refractivity contribution in [3.8, 4) is 0 Å². The number of methoxy groups -OCH3 is 1. The summed E-state index contributed by atoms with van der Waals surface area (Å²) in [5.41, 5.74) is 2.13. The number of hydrogen-bond acceptors (Lipinski definition) is 3. The number of carbonyl (C=O) groups is 1. The highest BCUT2D eigenvalue weighted by Gasteiger charge is 2.19. The lowest BCUT2D eigenvalue weighted by Crippen LogP contribution is -2.29. The SMILES string of the molecule is COC(=O)[C@H](NCC=C(C)C)c1ccccc1. The van der Waals surface area contributed by atoms with E-state index in [2.05, 4.69) is 5.32 Å². The van der Waals surface area contributed by atoms with Gasteiger partial charge in [-0.2, -0.15) is 0 Å². The third-order valence-corrected chi connectivity index (χ3v) is 2.40. The van der Waals surface area contributed by atoms with Crippen molar-refractivity contribution in [2.45, 2.75) is 19.9 Å². The summed E-state index contributed by atoms with van der Waals surface area (Å²) in [7, 11) is 1.40. The summed E-state index contributed by atoms with van der Waals surface area (Å²) in [6, 6.07) is 9.17. The van der Waals surface area contributed by atoms with E-state index in [1.165, 1.54) is 12.7 Å². The zero-order valence-corrected chi connectivity index (χ0v) is 10.6. The molecule has 0 radical (unpaired) electrons. The molecule has 0 unspecified atom stereocenters. The maximum atomic E-state index is 11.7. The van der Waals surface area contributed by atoms with Gasteiger partial charge in [-0.1, -0.05) is 42.0 Å². The number of benzene rings is 1. The fraction of sp³-hybridized carbons (Fsp3) is 0.357. The highest BCUT2D eigenvalue weighted by atomic mass is 16.5.